The molecule has 1 fully saturated rings. The number of fused-ring (bicyclic) bond motifs is 1. The molecule has 2 unspecified atom stereocenters. The van der Waals surface area contributed by atoms with Gasteiger partial charge in [0, 0.05) is 35.2 Å². The number of nitrogens with zero attached hydrogens (tertiary/aromatic N) is 1. The average molecular weight is 333 g/mol. The fourth-order valence-electron chi connectivity index (χ4n) is 3.14. The average Bonchev–Trinajstić information content (AvgIpc) is 3.09. The molecule has 0 radical (unpaired) electrons. The maximum Gasteiger partial charge on any atom is 0.305 e. The second-order valence-electron chi connectivity index (χ2n) is 5.95. The molecule has 0 aliphatic carbocycles. The molecule has 2 heterocycles. The van der Waals surface area contributed by atoms with Gasteiger partial charge in [0.1, 0.15) is 0 Å². The van der Waals surface area contributed by atoms with Crippen molar-refractivity contribution in [1.82, 2.24) is 4.90 Å². The summed E-state index contributed by atoms with van der Waals surface area (Å²) in [6, 6.07) is 5.70. The number of benzene rings is 1. The first-order valence-corrected chi connectivity index (χ1v) is 8.41. The summed E-state index contributed by atoms with van der Waals surface area (Å²) in [5.74, 6) is -0.999. The van der Waals surface area contributed by atoms with Gasteiger partial charge < -0.3 is 14.7 Å². The zero-order valence-electron chi connectivity index (χ0n) is 13.1. The minimum absolute atomic E-state index is 0.0488. The van der Waals surface area contributed by atoms with Crippen LogP contribution in [-0.2, 0) is 9.53 Å². The van der Waals surface area contributed by atoms with Gasteiger partial charge in [0.25, 0.3) is 5.91 Å². The van der Waals surface area contributed by atoms with Gasteiger partial charge in [0.2, 0.25) is 0 Å². The molecule has 6 heteroatoms. The van der Waals surface area contributed by atoms with Gasteiger partial charge in [0.05, 0.1) is 18.1 Å². The van der Waals surface area contributed by atoms with Crippen LogP contribution < -0.4 is 0 Å². The molecule has 23 heavy (non-hydrogen) atoms. The van der Waals surface area contributed by atoms with Crippen LogP contribution >= 0.6 is 11.3 Å². The smallest absolute Gasteiger partial charge is 0.305 e. The van der Waals surface area contributed by atoms with Crippen LogP contribution in [0.4, 0.5) is 0 Å². The van der Waals surface area contributed by atoms with E-state index in [-0.39, 0.29) is 24.5 Å². The molecule has 5 nitrogen and oxygen atoms in total. The van der Waals surface area contributed by atoms with E-state index in [4.69, 9.17) is 9.84 Å². The maximum absolute atomic E-state index is 12.9. The van der Waals surface area contributed by atoms with E-state index in [9.17, 15) is 9.59 Å². The number of carboxylic acid groups (broad SMARTS) is 1. The van der Waals surface area contributed by atoms with Gasteiger partial charge in [-0.3, -0.25) is 9.59 Å². The number of carboxylic acids is 1. The van der Waals surface area contributed by atoms with Crippen molar-refractivity contribution >= 4 is 33.3 Å². The molecule has 3 rings (SSSR count). The molecule has 1 aromatic carbocycles. The van der Waals surface area contributed by atoms with Crippen LogP contribution in [0.5, 0.6) is 0 Å². The molecule has 0 spiro atoms. The minimum atomic E-state index is -0.893. The van der Waals surface area contributed by atoms with E-state index in [0.717, 1.165) is 15.6 Å². The van der Waals surface area contributed by atoms with Gasteiger partial charge in [-0.25, -0.2) is 0 Å². The molecular formula is C17H19NO4S. The first-order valence-electron chi connectivity index (χ1n) is 7.53. The first-order chi connectivity index (χ1) is 11.0. The molecule has 2 atom stereocenters. The Morgan fingerprint density at radius 2 is 2.22 bits per heavy atom. The highest BCUT2D eigenvalue weighted by molar-refractivity contribution is 7.17. The van der Waals surface area contributed by atoms with Gasteiger partial charge >= 0.3 is 5.97 Å². The first kappa shape index (κ1) is 16.0. The number of aryl methyl sites for hydroxylation is 1. The Morgan fingerprint density at radius 3 is 2.91 bits per heavy atom. The number of amides is 1. The van der Waals surface area contributed by atoms with Gasteiger partial charge in [-0.2, -0.15) is 0 Å². The Hall–Kier alpha value is -1.92. The van der Waals surface area contributed by atoms with Crippen LogP contribution in [0.3, 0.4) is 0 Å². The highest BCUT2D eigenvalue weighted by Crippen LogP contribution is 2.31. The van der Waals surface area contributed by atoms with E-state index in [2.05, 4.69) is 6.07 Å². The molecule has 1 aliphatic rings. The Balaban J connectivity index is 1.91. The Bertz CT molecular complexity index is 754. The number of carbonyl (C=O) groups is 2. The summed E-state index contributed by atoms with van der Waals surface area (Å²) in [5, 5.41) is 11.9. The van der Waals surface area contributed by atoms with Crippen LogP contribution in [-0.4, -0.2) is 47.7 Å². The second kappa shape index (κ2) is 6.29. The number of ether oxygens (including phenoxy) is 1. The van der Waals surface area contributed by atoms with Crippen molar-refractivity contribution in [2.24, 2.45) is 0 Å². The number of likely N-dealkylation sites (tertiary alicyclic amines) is 1. The third-order valence-electron chi connectivity index (χ3n) is 4.34. The second-order valence-corrected chi connectivity index (χ2v) is 6.86. The van der Waals surface area contributed by atoms with E-state index in [1.807, 2.05) is 24.4 Å². The lowest BCUT2D eigenvalue weighted by Crippen LogP contribution is -2.37. The molecule has 2 aromatic rings. The predicted octanol–water partition coefficient (Wildman–Crippen LogP) is 2.91. The van der Waals surface area contributed by atoms with Crippen LogP contribution in [0.15, 0.2) is 23.6 Å². The number of rotatable bonds is 4. The van der Waals surface area contributed by atoms with E-state index in [0.29, 0.717) is 18.5 Å². The zero-order valence-corrected chi connectivity index (χ0v) is 13.9. The topological polar surface area (TPSA) is 66.8 Å². The predicted molar refractivity (Wildman–Crippen MR) is 89.1 cm³/mol. The van der Waals surface area contributed by atoms with Gasteiger partial charge in [0.15, 0.2) is 0 Å². The quantitative estimate of drug-likeness (QED) is 0.934. The van der Waals surface area contributed by atoms with Crippen molar-refractivity contribution < 1.29 is 19.4 Å². The highest BCUT2D eigenvalue weighted by Gasteiger charge is 2.37. The van der Waals surface area contributed by atoms with Crippen molar-refractivity contribution in [3.63, 3.8) is 0 Å². The number of carbonyl (C=O) groups excluding carboxylic acids is 1. The number of hydrogen-bond acceptors (Lipinski definition) is 4. The number of thiophene rings is 1. The SMILES string of the molecule is COC1CC(CC(=O)O)N(C(=O)c2csc3cc(C)ccc23)C1. The minimum Gasteiger partial charge on any atom is -0.481 e. The normalized spacial score (nSPS) is 21.0. The van der Waals surface area contributed by atoms with Gasteiger partial charge in [-0.1, -0.05) is 12.1 Å². The number of aliphatic carboxylic acids is 1. The molecule has 122 valence electrons. The lowest BCUT2D eigenvalue weighted by Gasteiger charge is -2.23. The molecule has 1 N–H and O–H groups in total. The van der Waals surface area contributed by atoms with Gasteiger partial charge in [-0.15, -0.1) is 11.3 Å². The van der Waals surface area contributed by atoms with Crippen molar-refractivity contribution in [3.05, 3.63) is 34.7 Å². The standard InChI is InChI=1S/C17H19NO4S/c1-10-3-4-13-14(9-23-15(13)5-10)17(21)18-8-12(22-2)6-11(18)7-16(19)20/h3-5,9,11-12H,6-8H2,1-2H3,(H,19,20). The molecule has 1 amide bonds. The van der Waals surface area contributed by atoms with Crippen LogP contribution in [0.25, 0.3) is 10.1 Å². The monoisotopic (exact) mass is 333 g/mol. The third-order valence-corrected chi connectivity index (χ3v) is 5.29. The Kier molecular flexibility index (Phi) is 4.37. The zero-order chi connectivity index (χ0) is 16.6. The summed E-state index contributed by atoms with van der Waals surface area (Å²) in [6.45, 7) is 2.46. The fraction of sp³-hybridized carbons (Fsp3) is 0.412. The van der Waals surface area contributed by atoms with Crippen molar-refractivity contribution in [2.45, 2.75) is 31.9 Å². The highest BCUT2D eigenvalue weighted by atomic mass is 32.1. The van der Waals surface area contributed by atoms with Crippen molar-refractivity contribution in [2.75, 3.05) is 13.7 Å². The fourth-order valence-corrected chi connectivity index (χ4v) is 4.18. The van der Waals surface area contributed by atoms with Crippen LogP contribution in [0.2, 0.25) is 0 Å². The molecule has 1 saturated heterocycles. The Morgan fingerprint density at radius 1 is 1.43 bits per heavy atom. The lowest BCUT2D eigenvalue weighted by molar-refractivity contribution is -0.137. The summed E-state index contributed by atoms with van der Waals surface area (Å²) in [6.07, 6.45) is 0.415. The maximum atomic E-state index is 12.9. The summed E-state index contributed by atoms with van der Waals surface area (Å²) in [4.78, 5) is 25.7. The van der Waals surface area contributed by atoms with Crippen molar-refractivity contribution in [3.8, 4) is 0 Å². The molecule has 1 aliphatic heterocycles. The molecule has 0 saturated carbocycles. The number of hydrogen-bond donors (Lipinski definition) is 1. The van der Waals surface area contributed by atoms with E-state index < -0.39 is 5.97 Å². The summed E-state index contributed by atoms with van der Waals surface area (Å²) >= 11 is 1.54. The lowest BCUT2D eigenvalue weighted by atomic mass is 10.1. The van der Waals surface area contributed by atoms with Crippen LogP contribution in [0.1, 0.15) is 28.8 Å². The largest absolute Gasteiger partial charge is 0.481 e. The van der Waals surface area contributed by atoms with E-state index in [1.165, 1.54) is 0 Å². The van der Waals surface area contributed by atoms with Gasteiger partial charge in [-0.05, 0) is 25.0 Å². The molecule has 0 bridgehead atoms. The summed E-state index contributed by atoms with van der Waals surface area (Å²) in [5.41, 5.74) is 1.81. The van der Waals surface area contributed by atoms with E-state index in [1.54, 1.807) is 23.3 Å². The van der Waals surface area contributed by atoms with Crippen molar-refractivity contribution in [1.29, 1.82) is 0 Å². The molecular weight excluding hydrogens is 314 g/mol. The summed E-state index contributed by atoms with van der Waals surface area (Å²) < 4.78 is 6.41. The number of methoxy groups -OCH3 is 1. The van der Waals surface area contributed by atoms with E-state index >= 15 is 0 Å². The Labute approximate surface area is 138 Å². The van der Waals surface area contributed by atoms with Crippen LogP contribution in [0, 0.1) is 6.92 Å². The summed E-state index contributed by atoms with van der Waals surface area (Å²) in [7, 11) is 1.60. The third kappa shape index (κ3) is 3.09. The molecule has 1 aromatic heterocycles.